The Kier molecular flexibility index (Phi) is 3.13. The Morgan fingerprint density at radius 3 is 2.70 bits per heavy atom. The van der Waals surface area contributed by atoms with E-state index in [1.807, 2.05) is 6.92 Å². The van der Waals surface area contributed by atoms with Gasteiger partial charge in [0, 0.05) is 0 Å². The topological polar surface area (TPSA) is 22.1 Å². The van der Waals surface area contributed by atoms with Gasteiger partial charge in [-0.25, -0.2) is 0 Å². The Hall–Kier alpha value is 0.390. The second-order valence-electron chi connectivity index (χ2n) is 1.48. The minimum atomic E-state index is 0.659. The van der Waals surface area contributed by atoms with E-state index in [1.54, 1.807) is 0 Å². The van der Waals surface area contributed by atoms with Crippen molar-refractivity contribution in [3.63, 3.8) is 0 Å². The van der Waals surface area contributed by atoms with Crippen LogP contribution in [0.25, 0.3) is 0 Å². The molecule has 0 N–H and O–H groups in total. The molecule has 0 radical (unpaired) electrons. The van der Waals surface area contributed by atoms with Crippen LogP contribution >= 0.6 is 43.2 Å². The molecule has 1 rings (SSSR count). The Labute approximate surface area is 79.9 Å². The molecular weight excluding hydrogens is 282 g/mol. The van der Waals surface area contributed by atoms with Gasteiger partial charge in [-0.2, -0.15) is 4.98 Å². The van der Waals surface area contributed by atoms with Gasteiger partial charge in [0.1, 0.15) is 8.39 Å². The predicted octanol–water partition coefficient (Wildman–Crippen LogP) is 3.07. The molecule has 0 aliphatic heterocycles. The monoisotopic (exact) mass is 285 g/mol. The standard InChI is InChI=1S/C5H5Br2NOS/c1-2-9-5-8-3(6)4(7)10-5/h2H2,1H3. The lowest BCUT2D eigenvalue weighted by molar-refractivity contribution is 0.338. The number of nitrogens with zero attached hydrogens (tertiary/aromatic N) is 1. The Bertz CT molecular complexity index is 206. The van der Waals surface area contributed by atoms with Crippen molar-refractivity contribution < 1.29 is 4.74 Å². The first-order chi connectivity index (χ1) is 4.74. The second kappa shape index (κ2) is 3.69. The second-order valence-corrected chi connectivity index (χ2v) is 4.51. The van der Waals surface area contributed by atoms with Crippen molar-refractivity contribution in [2.75, 3.05) is 6.61 Å². The molecule has 0 fully saturated rings. The van der Waals surface area contributed by atoms with E-state index in [1.165, 1.54) is 11.3 Å². The van der Waals surface area contributed by atoms with E-state index in [9.17, 15) is 0 Å². The SMILES string of the molecule is CCOc1nc(Br)c(Br)s1. The van der Waals surface area contributed by atoms with Crippen molar-refractivity contribution in [1.82, 2.24) is 4.98 Å². The van der Waals surface area contributed by atoms with Gasteiger partial charge in [-0.15, -0.1) is 0 Å². The third-order valence-electron chi connectivity index (χ3n) is 0.796. The van der Waals surface area contributed by atoms with E-state index in [-0.39, 0.29) is 0 Å². The summed E-state index contributed by atoms with van der Waals surface area (Å²) >= 11 is 8.05. The van der Waals surface area contributed by atoms with Gasteiger partial charge in [-0.1, -0.05) is 11.3 Å². The van der Waals surface area contributed by atoms with Gasteiger partial charge < -0.3 is 4.74 Å². The molecule has 56 valence electrons. The minimum absolute atomic E-state index is 0.659. The van der Waals surface area contributed by atoms with Crippen LogP contribution in [0, 0.1) is 0 Å². The first-order valence-corrected chi connectivity index (χ1v) is 5.09. The maximum absolute atomic E-state index is 5.15. The van der Waals surface area contributed by atoms with Crippen molar-refractivity contribution in [2.24, 2.45) is 0 Å². The van der Waals surface area contributed by atoms with Crippen LogP contribution in [0.4, 0.5) is 0 Å². The highest BCUT2D eigenvalue weighted by molar-refractivity contribution is 9.13. The third kappa shape index (κ3) is 1.93. The number of hydrogen-bond donors (Lipinski definition) is 0. The summed E-state index contributed by atoms with van der Waals surface area (Å²) in [6.45, 7) is 2.59. The van der Waals surface area contributed by atoms with E-state index in [0.717, 1.165) is 8.39 Å². The summed E-state index contributed by atoms with van der Waals surface area (Å²) in [5.41, 5.74) is 0. The molecule has 0 bridgehead atoms. The highest BCUT2D eigenvalue weighted by Crippen LogP contribution is 2.33. The van der Waals surface area contributed by atoms with Gasteiger partial charge in [-0.05, 0) is 38.8 Å². The summed E-state index contributed by atoms with van der Waals surface area (Å²) in [5.74, 6) is 0. The molecule has 1 aromatic heterocycles. The van der Waals surface area contributed by atoms with Gasteiger partial charge >= 0.3 is 0 Å². The molecule has 0 saturated heterocycles. The zero-order chi connectivity index (χ0) is 7.56. The highest BCUT2D eigenvalue weighted by Gasteiger charge is 2.05. The van der Waals surface area contributed by atoms with Crippen molar-refractivity contribution >= 4 is 43.2 Å². The summed E-state index contributed by atoms with van der Waals surface area (Å²) in [6, 6.07) is 0. The van der Waals surface area contributed by atoms with Gasteiger partial charge in [0.25, 0.3) is 5.19 Å². The smallest absolute Gasteiger partial charge is 0.275 e. The average Bonchev–Trinajstić information content (AvgIpc) is 2.14. The molecule has 5 heteroatoms. The predicted molar refractivity (Wildman–Crippen MR) is 48.7 cm³/mol. The number of rotatable bonds is 2. The normalized spacial score (nSPS) is 9.90. The van der Waals surface area contributed by atoms with E-state index in [4.69, 9.17) is 4.74 Å². The fourth-order valence-electron chi connectivity index (χ4n) is 0.451. The van der Waals surface area contributed by atoms with Crippen LogP contribution in [-0.2, 0) is 0 Å². The first kappa shape index (κ1) is 8.49. The third-order valence-corrected chi connectivity index (χ3v) is 3.78. The summed E-state index contributed by atoms with van der Waals surface area (Å²) < 4.78 is 6.93. The number of ether oxygens (including phenoxy) is 1. The fraction of sp³-hybridized carbons (Fsp3) is 0.400. The van der Waals surface area contributed by atoms with Crippen LogP contribution in [0.5, 0.6) is 5.19 Å². The maximum atomic E-state index is 5.15. The molecule has 0 saturated carbocycles. The van der Waals surface area contributed by atoms with Crippen LogP contribution in [0.15, 0.2) is 8.39 Å². The number of thiazole rings is 1. The van der Waals surface area contributed by atoms with Crippen molar-refractivity contribution in [3.8, 4) is 5.19 Å². The Morgan fingerprint density at radius 2 is 2.30 bits per heavy atom. The van der Waals surface area contributed by atoms with E-state index in [2.05, 4.69) is 36.8 Å². The molecule has 0 unspecified atom stereocenters. The van der Waals surface area contributed by atoms with Crippen LogP contribution in [0.3, 0.4) is 0 Å². The van der Waals surface area contributed by atoms with Crippen molar-refractivity contribution in [1.29, 1.82) is 0 Å². The van der Waals surface area contributed by atoms with Crippen LogP contribution in [0.2, 0.25) is 0 Å². The molecule has 1 aromatic rings. The largest absolute Gasteiger partial charge is 0.470 e. The lowest BCUT2D eigenvalue weighted by Gasteiger charge is -1.92. The summed E-state index contributed by atoms with van der Waals surface area (Å²) in [4.78, 5) is 4.07. The lowest BCUT2D eigenvalue weighted by Crippen LogP contribution is -1.89. The lowest BCUT2D eigenvalue weighted by atomic mass is 10.9. The molecule has 10 heavy (non-hydrogen) atoms. The number of halogens is 2. The molecule has 0 aliphatic rings. The van der Waals surface area contributed by atoms with E-state index >= 15 is 0 Å². The highest BCUT2D eigenvalue weighted by atomic mass is 79.9. The zero-order valence-corrected chi connectivity index (χ0v) is 9.22. The number of hydrogen-bond acceptors (Lipinski definition) is 3. The Balaban J connectivity index is 2.77. The molecule has 0 aliphatic carbocycles. The van der Waals surface area contributed by atoms with Crippen LogP contribution in [0.1, 0.15) is 6.92 Å². The summed E-state index contributed by atoms with van der Waals surface area (Å²) in [5, 5.41) is 0.696. The molecule has 0 aromatic carbocycles. The van der Waals surface area contributed by atoms with E-state index < -0.39 is 0 Å². The Morgan fingerprint density at radius 1 is 1.60 bits per heavy atom. The van der Waals surface area contributed by atoms with Crippen LogP contribution in [-0.4, -0.2) is 11.6 Å². The summed E-state index contributed by atoms with van der Waals surface area (Å²) in [7, 11) is 0. The average molecular weight is 287 g/mol. The molecule has 2 nitrogen and oxygen atoms in total. The van der Waals surface area contributed by atoms with Gasteiger partial charge in [0.05, 0.1) is 6.61 Å². The minimum Gasteiger partial charge on any atom is -0.470 e. The van der Waals surface area contributed by atoms with Gasteiger partial charge in [0.2, 0.25) is 0 Å². The first-order valence-electron chi connectivity index (χ1n) is 2.68. The summed E-state index contributed by atoms with van der Waals surface area (Å²) in [6.07, 6.45) is 0. The van der Waals surface area contributed by atoms with Crippen molar-refractivity contribution in [2.45, 2.75) is 6.92 Å². The van der Waals surface area contributed by atoms with Crippen molar-refractivity contribution in [3.05, 3.63) is 8.39 Å². The quantitative estimate of drug-likeness (QED) is 0.834. The number of aromatic nitrogens is 1. The van der Waals surface area contributed by atoms with Gasteiger partial charge in [0.15, 0.2) is 0 Å². The zero-order valence-electron chi connectivity index (χ0n) is 5.23. The molecule has 0 amide bonds. The van der Waals surface area contributed by atoms with Gasteiger partial charge in [-0.3, -0.25) is 0 Å². The van der Waals surface area contributed by atoms with Crippen LogP contribution < -0.4 is 4.74 Å². The molecule has 0 spiro atoms. The maximum Gasteiger partial charge on any atom is 0.275 e. The molecular formula is C5H5Br2NOS. The fourth-order valence-corrected chi connectivity index (χ4v) is 2.07. The molecule has 0 atom stereocenters. The van der Waals surface area contributed by atoms with E-state index in [0.29, 0.717) is 11.8 Å². The molecule has 1 heterocycles.